The first-order valence-electron chi connectivity index (χ1n) is 14.5. The topological polar surface area (TPSA) is 128 Å². The van der Waals surface area contributed by atoms with Crippen LogP contribution in [0.15, 0.2) is 0 Å². The van der Waals surface area contributed by atoms with Crippen LogP contribution in [0.3, 0.4) is 0 Å². The number of amides is 2. The Morgan fingerprint density at radius 1 is 1.11 bits per heavy atom. The SMILES string of the molecule is CN(C)CCOC1CCC(C2NOC(CCC(=O)NCCCNC3NNC(=O)C4CCCCC34)N2)CC1. The number of carbonyl (C=O) groups excluding carboxylic acids is 2. The van der Waals surface area contributed by atoms with Crippen LogP contribution in [0.2, 0.25) is 0 Å². The summed E-state index contributed by atoms with van der Waals surface area (Å²) in [5, 5.41) is 10.1. The van der Waals surface area contributed by atoms with Crippen LogP contribution < -0.4 is 32.3 Å². The molecule has 5 unspecified atom stereocenters. The Balaban J connectivity index is 1.02. The predicted molar refractivity (Wildman–Crippen MR) is 141 cm³/mol. The minimum Gasteiger partial charge on any atom is -0.377 e. The Bertz CT molecular complexity index is 719. The van der Waals surface area contributed by atoms with E-state index in [0.29, 0.717) is 37.3 Å². The molecular formula is C26H49N7O4. The molecule has 11 heteroatoms. The zero-order chi connectivity index (χ0) is 26.0. The highest BCUT2D eigenvalue weighted by atomic mass is 16.7. The van der Waals surface area contributed by atoms with Crippen LogP contribution in [0.1, 0.15) is 70.6 Å². The smallest absolute Gasteiger partial charge is 0.237 e. The average molecular weight is 524 g/mol. The minimum absolute atomic E-state index is 0.0552. The number of nitrogens with zero attached hydrogens (tertiary/aromatic N) is 1. The lowest BCUT2D eigenvalue weighted by Gasteiger charge is -2.41. The molecular weight excluding hydrogens is 474 g/mol. The summed E-state index contributed by atoms with van der Waals surface area (Å²) >= 11 is 0. The molecule has 37 heavy (non-hydrogen) atoms. The lowest BCUT2D eigenvalue weighted by Crippen LogP contribution is -2.64. The van der Waals surface area contributed by atoms with E-state index in [0.717, 1.165) is 71.1 Å². The molecule has 4 fully saturated rings. The van der Waals surface area contributed by atoms with Crippen molar-refractivity contribution < 1.29 is 19.2 Å². The molecule has 4 aliphatic rings. The zero-order valence-corrected chi connectivity index (χ0v) is 22.7. The maximum atomic E-state index is 12.3. The number of rotatable bonds is 13. The number of fused-ring (bicyclic) bond motifs is 1. The van der Waals surface area contributed by atoms with Gasteiger partial charge in [0.15, 0.2) is 0 Å². The van der Waals surface area contributed by atoms with Crippen molar-refractivity contribution in [3.63, 3.8) is 0 Å². The van der Waals surface area contributed by atoms with Crippen molar-refractivity contribution in [2.75, 3.05) is 40.3 Å². The van der Waals surface area contributed by atoms with Crippen LogP contribution in [-0.4, -0.2) is 81.7 Å². The van der Waals surface area contributed by atoms with E-state index < -0.39 is 0 Å². The van der Waals surface area contributed by atoms with Crippen molar-refractivity contribution >= 4 is 11.8 Å². The van der Waals surface area contributed by atoms with Gasteiger partial charge in [-0.25, -0.2) is 5.43 Å². The molecule has 0 radical (unpaired) electrons. The Kier molecular flexibility index (Phi) is 11.4. The van der Waals surface area contributed by atoms with E-state index >= 15 is 0 Å². The van der Waals surface area contributed by atoms with Crippen molar-refractivity contribution in [3.8, 4) is 0 Å². The third-order valence-corrected chi connectivity index (χ3v) is 8.39. The molecule has 0 spiro atoms. The number of likely N-dealkylation sites (N-methyl/N-ethyl adjacent to an activating group) is 1. The highest BCUT2D eigenvalue weighted by Gasteiger charge is 2.39. The second-order valence-electron chi connectivity index (χ2n) is 11.4. The van der Waals surface area contributed by atoms with E-state index in [1.54, 1.807) is 0 Å². The fourth-order valence-electron chi connectivity index (χ4n) is 6.15. The number of hydrazine groups is 1. The number of hydroxylamine groups is 1. The first-order valence-corrected chi connectivity index (χ1v) is 14.5. The van der Waals surface area contributed by atoms with Gasteiger partial charge in [0.1, 0.15) is 6.23 Å². The lowest BCUT2D eigenvalue weighted by atomic mass is 9.76. The Labute approximate surface area is 221 Å². The molecule has 6 N–H and O–H groups in total. The molecule has 5 atom stereocenters. The van der Waals surface area contributed by atoms with Crippen LogP contribution >= 0.6 is 0 Å². The summed E-state index contributed by atoms with van der Waals surface area (Å²) in [5.74, 6) is 1.18. The molecule has 2 saturated carbocycles. The average Bonchev–Trinajstić information content (AvgIpc) is 3.38. The fourth-order valence-corrected chi connectivity index (χ4v) is 6.15. The number of nitrogens with one attached hydrogen (secondary N) is 6. The van der Waals surface area contributed by atoms with E-state index in [2.05, 4.69) is 51.3 Å². The Morgan fingerprint density at radius 3 is 2.73 bits per heavy atom. The number of ether oxygens (including phenoxy) is 1. The van der Waals surface area contributed by atoms with E-state index in [1.165, 1.54) is 6.42 Å². The predicted octanol–water partition coefficient (Wildman–Crippen LogP) is 0.543. The van der Waals surface area contributed by atoms with E-state index in [-0.39, 0.29) is 36.3 Å². The van der Waals surface area contributed by atoms with E-state index in [4.69, 9.17) is 9.57 Å². The molecule has 2 saturated heterocycles. The van der Waals surface area contributed by atoms with Crippen LogP contribution in [0, 0.1) is 17.8 Å². The van der Waals surface area contributed by atoms with Crippen molar-refractivity contribution in [2.45, 2.75) is 95.3 Å². The van der Waals surface area contributed by atoms with Gasteiger partial charge in [-0.05, 0) is 77.9 Å². The molecule has 2 aliphatic heterocycles. The maximum absolute atomic E-state index is 12.3. The third kappa shape index (κ3) is 8.84. The third-order valence-electron chi connectivity index (χ3n) is 8.39. The standard InChI is InChI=1S/C26H49N7O4/c1-33(2)16-17-36-19-10-8-18(9-11-19)24-29-23(37-32-24)13-12-22(34)27-14-5-15-28-25-20-6-3-4-7-21(20)26(35)31-30-25/h18-21,23-25,28-30,32H,3-17H2,1-2H3,(H,27,34)(H,31,35). The van der Waals surface area contributed by atoms with Crippen molar-refractivity contribution in [1.82, 2.24) is 37.2 Å². The molecule has 2 amide bonds. The lowest BCUT2D eigenvalue weighted by molar-refractivity contribution is -0.134. The number of carbonyl (C=O) groups is 2. The first-order chi connectivity index (χ1) is 18.0. The molecule has 0 aromatic carbocycles. The van der Waals surface area contributed by atoms with Crippen molar-refractivity contribution in [1.29, 1.82) is 0 Å². The second-order valence-corrected chi connectivity index (χ2v) is 11.4. The van der Waals surface area contributed by atoms with Crippen LogP contribution in [0.25, 0.3) is 0 Å². The quantitative estimate of drug-likeness (QED) is 0.192. The summed E-state index contributed by atoms with van der Waals surface area (Å²) in [6, 6.07) is 0. The summed E-state index contributed by atoms with van der Waals surface area (Å²) < 4.78 is 6.01. The highest BCUT2D eigenvalue weighted by molar-refractivity contribution is 5.79. The van der Waals surface area contributed by atoms with Gasteiger partial charge in [0.2, 0.25) is 11.8 Å². The molecule has 4 rings (SSSR count). The number of hydrogen-bond donors (Lipinski definition) is 6. The molecule has 212 valence electrons. The van der Waals surface area contributed by atoms with Crippen LogP contribution in [0.4, 0.5) is 0 Å². The molecule has 0 aromatic heterocycles. The molecule has 11 nitrogen and oxygen atoms in total. The summed E-state index contributed by atoms with van der Waals surface area (Å²) in [7, 11) is 4.14. The summed E-state index contributed by atoms with van der Waals surface area (Å²) in [6.45, 7) is 3.19. The van der Waals surface area contributed by atoms with Crippen LogP contribution in [0.5, 0.6) is 0 Å². The normalized spacial score (nSPS) is 34.2. The van der Waals surface area contributed by atoms with Gasteiger partial charge >= 0.3 is 0 Å². The Morgan fingerprint density at radius 2 is 1.92 bits per heavy atom. The number of hydrogen-bond acceptors (Lipinski definition) is 9. The van der Waals surface area contributed by atoms with Gasteiger partial charge in [-0.3, -0.25) is 25.2 Å². The van der Waals surface area contributed by atoms with Gasteiger partial charge < -0.3 is 20.3 Å². The highest BCUT2D eigenvalue weighted by Crippen LogP contribution is 2.33. The fraction of sp³-hybridized carbons (Fsp3) is 0.923. The summed E-state index contributed by atoms with van der Waals surface area (Å²) in [4.78, 5) is 32.3. The maximum Gasteiger partial charge on any atom is 0.237 e. The molecule has 2 heterocycles. The van der Waals surface area contributed by atoms with Gasteiger partial charge in [-0.2, -0.15) is 5.48 Å². The van der Waals surface area contributed by atoms with Gasteiger partial charge in [0, 0.05) is 31.3 Å². The summed E-state index contributed by atoms with van der Waals surface area (Å²) in [5.41, 5.74) is 9.10. The van der Waals surface area contributed by atoms with Crippen molar-refractivity contribution in [3.05, 3.63) is 0 Å². The minimum atomic E-state index is -0.137. The van der Waals surface area contributed by atoms with Gasteiger partial charge in [0.05, 0.1) is 25.0 Å². The Hall–Kier alpha value is -1.34. The van der Waals surface area contributed by atoms with E-state index in [9.17, 15) is 9.59 Å². The molecule has 0 aromatic rings. The largest absolute Gasteiger partial charge is 0.377 e. The van der Waals surface area contributed by atoms with Gasteiger partial charge in [-0.1, -0.05) is 12.8 Å². The monoisotopic (exact) mass is 523 g/mol. The van der Waals surface area contributed by atoms with Crippen molar-refractivity contribution in [2.24, 2.45) is 17.8 Å². The molecule has 0 bridgehead atoms. The second kappa shape index (κ2) is 14.7. The zero-order valence-electron chi connectivity index (χ0n) is 22.7. The molecule has 2 aliphatic carbocycles. The first kappa shape index (κ1) is 28.7. The van der Waals surface area contributed by atoms with Gasteiger partial charge in [0.25, 0.3) is 0 Å². The van der Waals surface area contributed by atoms with Gasteiger partial charge in [-0.15, -0.1) is 0 Å². The van der Waals surface area contributed by atoms with Crippen LogP contribution in [-0.2, 0) is 19.2 Å². The van der Waals surface area contributed by atoms with E-state index in [1.807, 2.05) is 0 Å². The summed E-state index contributed by atoms with van der Waals surface area (Å²) in [6.07, 6.45) is 11.2.